The molecule has 3 aromatic rings. The van der Waals surface area contributed by atoms with Crippen LogP contribution in [0.25, 0.3) is 11.1 Å². The first kappa shape index (κ1) is 27.7. The molecule has 0 N–H and O–H groups in total. The van der Waals surface area contributed by atoms with Crippen LogP contribution in [-0.2, 0) is 43.1 Å². The maximum atomic E-state index is 3.55. The van der Waals surface area contributed by atoms with Crippen LogP contribution < -0.4 is 0 Å². The Labute approximate surface area is 198 Å². The van der Waals surface area contributed by atoms with Gasteiger partial charge in [0.1, 0.15) is 0 Å². The van der Waals surface area contributed by atoms with E-state index in [2.05, 4.69) is 77.9 Å². The van der Waals surface area contributed by atoms with Gasteiger partial charge in [0.05, 0.1) is 0 Å². The van der Waals surface area contributed by atoms with E-state index in [4.69, 9.17) is 0 Å². The summed E-state index contributed by atoms with van der Waals surface area (Å²) in [6.45, 7) is 13.7. The third-order valence-corrected chi connectivity index (χ3v) is 5.08. The minimum atomic E-state index is 0. The van der Waals surface area contributed by atoms with Crippen LogP contribution >= 0.6 is 0 Å². The summed E-state index contributed by atoms with van der Waals surface area (Å²) in [6, 6.07) is 24.9. The maximum absolute atomic E-state index is 3.55. The second-order valence-electron chi connectivity index (χ2n) is 9.25. The van der Waals surface area contributed by atoms with Gasteiger partial charge >= 0.3 is 25.8 Å². The Bertz CT molecular complexity index is 854. The second-order valence-corrected chi connectivity index (χ2v) is 9.25. The molecular weight excluding hydrogens is 515 g/mol. The summed E-state index contributed by atoms with van der Waals surface area (Å²) >= 11 is 0. The van der Waals surface area contributed by atoms with Crippen molar-refractivity contribution in [2.45, 2.75) is 58.8 Å². The zero-order chi connectivity index (χ0) is 18.9. The molecule has 0 heterocycles. The number of benzene rings is 2. The Morgan fingerprint density at radius 2 is 1.45 bits per heavy atom. The molecule has 1 aliphatic rings. The summed E-state index contributed by atoms with van der Waals surface area (Å²) in [5.74, 6) is 0. The monoisotopic (exact) mass is 552 g/mol. The Balaban J connectivity index is 0.000000863. The molecule has 4 rings (SSSR count). The largest absolute Gasteiger partial charge is 4.00 e. The standard InChI is InChI=1S/C21H25.C5H5.2CH3.Hf/c1-20(2,3)15-11-10-14-12-18-16(17(14)13-15)8-7-9-19(18)21(4,5)6;1-2-4-5-3-1;;;/h7-9,11,13H,12H2,1-6H3;1-5H;2*1H3;/q4*-1;+4. The number of hydrogen-bond donors (Lipinski definition) is 0. The fourth-order valence-corrected chi connectivity index (χ4v) is 3.58. The molecule has 0 amide bonds. The van der Waals surface area contributed by atoms with Gasteiger partial charge in [0.2, 0.25) is 0 Å². The predicted octanol–water partition coefficient (Wildman–Crippen LogP) is 7.96. The van der Waals surface area contributed by atoms with Crippen molar-refractivity contribution in [2.75, 3.05) is 0 Å². The molecule has 0 atom stereocenters. The third kappa shape index (κ3) is 6.32. The Kier molecular flexibility index (Phi) is 10.1. The van der Waals surface area contributed by atoms with Gasteiger partial charge in [-0.3, -0.25) is 0 Å². The van der Waals surface area contributed by atoms with Crippen molar-refractivity contribution in [3.63, 3.8) is 0 Å². The SMILES string of the molecule is CC(C)(C)c1c[c-]c2c(c1)-c1cccc(C(C)(C)C)c1C2.[CH3-].[CH3-].[Hf+4].c1cc[cH-]c1. The van der Waals surface area contributed by atoms with Gasteiger partial charge in [-0.15, -0.1) is 5.56 Å². The molecule has 0 aromatic heterocycles. The number of fused-ring (bicyclic) bond motifs is 3. The smallest absolute Gasteiger partial charge is 0.358 e. The third-order valence-electron chi connectivity index (χ3n) is 5.08. The van der Waals surface area contributed by atoms with E-state index in [1.165, 1.54) is 33.4 Å². The van der Waals surface area contributed by atoms with Gasteiger partial charge in [0.25, 0.3) is 0 Å². The van der Waals surface area contributed by atoms with Crippen LogP contribution in [0.1, 0.15) is 63.8 Å². The average Bonchev–Trinajstić information content (AvgIpc) is 3.23. The van der Waals surface area contributed by atoms with E-state index in [0.29, 0.717) is 0 Å². The van der Waals surface area contributed by atoms with Crippen molar-refractivity contribution in [1.29, 1.82) is 0 Å². The van der Waals surface area contributed by atoms with E-state index in [1.54, 1.807) is 0 Å². The number of hydrogen-bond acceptors (Lipinski definition) is 0. The van der Waals surface area contributed by atoms with Gasteiger partial charge in [-0.1, -0.05) is 70.7 Å². The van der Waals surface area contributed by atoms with Crippen molar-refractivity contribution < 1.29 is 25.8 Å². The first-order valence-corrected chi connectivity index (χ1v) is 9.52. The fraction of sp³-hybridized carbons (Fsp3) is 0.321. The molecule has 0 unspecified atom stereocenters. The molecule has 29 heavy (non-hydrogen) atoms. The Morgan fingerprint density at radius 3 is 1.93 bits per heavy atom. The summed E-state index contributed by atoms with van der Waals surface area (Å²) in [6.07, 6.45) is 1.03. The van der Waals surface area contributed by atoms with Crippen LogP contribution in [0.3, 0.4) is 0 Å². The molecule has 0 radical (unpaired) electrons. The molecule has 3 aromatic carbocycles. The summed E-state index contributed by atoms with van der Waals surface area (Å²) in [4.78, 5) is 0. The molecule has 0 saturated carbocycles. The van der Waals surface area contributed by atoms with Gasteiger partial charge in [-0.2, -0.15) is 47.5 Å². The molecule has 0 fully saturated rings. The average molecular weight is 551 g/mol. The second kappa shape index (κ2) is 10.6. The van der Waals surface area contributed by atoms with E-state index in [9.17, 15) is 0 Å². The topological polar surface area (TPSA) is 0 Å². The van der Waals surface area contributed by atoms with Crippen LogP contribution in [0.15, 0.2) is 60.7 Å². The molecule has 0 nitrogen and oxygen atoms in total. The summed E-state index contributed by atoms with van der Waals surface area (Å²) < 4.78 is 0. The van der Waals surface area contributed by atoms with Gasteiger partial charge in [-0.05, 0) is 23.0 Å². The van der Waals surface area contributed by atoms with Gasteiger partial charge < -0.3 is 14.9 Å². The first-order chi connectivity index (χ1) is 12.2. The van der Waals surface area contributed by atoms with Crippen molar-refractivity contribution in [2.24, 2.45) is 0 Å². The van der Waals surface area contributed by atoms with Crippen LogP contribution in [0.4, 0.5) is 0 Å². The van der Waals surface area contributed by atoms with E-state index >= 15 is 0 Å². The maximum Gasteiger partial charge on any atom is 4.00 e. The Morgan fingerprint density at radius 1 is 0.828 bits per heavy atom. The zero-order valence-corrected chi connectivity index (χ0v) is 23.1. The van der Waals surface area contributed by atoms with Crippen molar-refractivity contribution in [1.82, 2.24) is 0 Å². The zero-order valence-electron chi connectivity index (χ0n) is 19.5. The quantitative estimate of drug-likeness (QED) is 0.154. The van der Waals surface area contributed by atoms with Gasteiger partial charge in [0.15, 0.2) is 0 Å². The van der Waals surface area contributed by atoms with Crippen molar-refractivity contribution in [3.05, 3.63) is 104 Å². The molecule has 1 heteroatoms. The van der Waals surface area contributed by atoms with Crippen LogP contribution in [0.2, 0.25) is 0 Å². The van der Waals surface area contributed by atoms with Gasteiger partial charge in [0, 0.05) is 0 Å². The summed E-state index contributed by atoms with van der Waals surface area (Å²) in [5, 5.41) is 0. The molecule has 0 spiro atoms. The van der Waals surface area contributed by atoms with E-state index in [-0.39, 0.29) is 51.5 Å². The Hall–Kier alpha value is -1.34. The number of rotatable bonds is 0. The fourth-order valence-electron chi connectivity index (χ4n) is 3.58. The van der Waals surface area contributed by atoms with Crippen LogP contribution in [0.5, 0.6) is 0 Å². The normalized spacial score (nSPS) is 11.5. The minimum absolute atomic E-state index is 0. The van der Waals surface area contributed by atoms with Crippen molar-refractivity contribution >= 4 is 0 Å². The van der Waals surface area contributed by atoms with E-state index in [1.807, 2.05) is 30.3 Å². The van der Waals surface area contributed by atoms with E-state index in [0.717, 1.165) is 6.42 Å². The minimum Gasteiger partial charge on any atom is -0.358 e. The first-order valence-electron chi connectivity index (χ1n) is 9.52. The molecule has 0 saturated heterocycles. The van der Waals surface area contributed by atoms with Crippen LogP contribution in [0, 0.1) is 20.9 Å². The summed E-state index contributed by atoms with van der Waals surface area (Å²) in [7, 11) is 0. The molecular formula is C28H36Hf. The molecule has 0 bridgehead atoms. The van der Waals surface area contributed by atoms with Crippen molar-refractivity contribution in [3.8, 4) is 11.1 Å². The molecule has 1 aliphatic carbocycles. The molecule has 152 valence electrons. The van der Waals surface area contributed by atoms with Gasteiger partial charge in [-0.25, -0.2) is 12.1 Å². The summed E-state index contributed by atoms with van der Waals surface area (Å²) in [5.41, 5.74) is 8.88. The predicted molar refractivity (Wildman–Crippen MR) is 126 cm³/mol. The van der Waals surface area contributed by atoms with E-state index < -0.39 is 0 Å². The van der Waals surface area contributed by atoms with Crippen LogP contribution in [-0.4, -0.2) is 0 Å². The molecule has 0 aliphatic heterocycles.